The summed E-state index contributed by atoms with van der Waals surface area (Å²) in [7, 11) is 0. The smallest absolute Gasteiger partial charge is 0.00484 e. The van der Waals surface area contributed by atoms with Gasteiger partial charge in [-0.05, 0) is 23.6 Å². The molecule has 0 unspecified atom stereocenters. The molecule has 0 heterocycles. The fraction of sp³-hybridized carbons (Fsp3) is 0.200. The van der Waals surface area contributed by atoms with Crippen LogP contribution in [0.4, 0.5) is 0 Å². The van der Waals surface area contributed by atoms with Gasteiger partial charge in [-0.2, -0.15) is 0 Å². The van der Waals surface area contributed by atoms with Crippen molar-refractivity contribution in [2.45, 2.75) is 13.3 Å². The average Bonchev–Trinajstić information content (AvgIpc) is 2.06. The molecule has 58 valence electrons. The molecule has 0 nitrogen and oxygen atoms in total. The monoisotopic (exact) mass is 166 g/mol. The van der Waals surface area contributed by atoms with Gasteiger partial charge in [0.05, 0.1) is 0 Å². The zero-order valence-electron chi connectivity index (χ0n) is 6.55. The average molecular weight is 167 g/mol. The first-order valence-electron chi connectivity index (χ1n) is 3.72. The predicted molar refractivity (Wildman–Crippen MR) is 50.7 cm³/mol. The van der Waals surface area contributed by atoms with E-state index in [-0.39, 0.29) is 0 Å². The molecule has 0 amide bonds. The first-order valence-corrected chi connectivity index (χ1v) is 4.16. The molecule has 0 saturated heterocycles. The molecule has 0 fully saturated rings. The second kappa shape index (κ2) is 4.20. The Morgan fingerprint density at radius 1 is 1.45 bits per heavy atom. The molecule has 0 spiro atoms. The van der Waals surface area contributed by atoms with Crippen molar-refractivity contribution >= 4 is 17.7 Å². The van der Waals surface area contributed by atoms with Gasteiger partial charge in [-0.15, -0.1) is 0 Å². The molecule has 0 saturated carbocycles. The van der Waals surface area contributed by atoms with E-state index in [9.17, 15) is 0 Å². The summed E-state index contributed by atoms with van der Waals surface area (Å²) in [6, 6.07) is 8.34. The molecule has 1 aromatic rings. The van der Waals surface area contributed by atoms with Crippen LogP contribution in [-0.4, -0.2) is 0 Å². The number of hydrogen-bond acceptors (Lipinski definition) is 0. The van der Waals surface area contributed by atoms with Gasteiger partial charge in [-0.3, -0.25) is 0 Å². The summed E-state index contributed by atoms with van der Waals surface area (Å²) in [6.07, 6.45) is 2.96. The van der Waals surface area contributed by atoms with E-state index in [1.54, 1.807) is 0 Å². The summed E-state index contributed by atoms with van der Waals surface area (Å²) in [5.74, 6) is 0. The SMILES string of the molecule is CCc1cccc(C=CCl)c1. The molecule has 11 heavy (non-hydrogen) atoms. The highest BCUT2D eigenvalue weighted by atomic mass is 35.5. The van der Waals surface area contributed by atoms with Crippen molar-refractivity contribution in [2.75, 3.05) is 0 Å². The third kappa shape index (κ3) is 2.39. The van der Waals surface area contributed by atoms with Gasteiger partial charge < -0.3 is 0 Å². The largest absolute Gasteiger partial charge is 0.0929 e. The standard InChI is InChI=1S/C10H11Cl/c1-2-9-4-3-5-10(8-9)6-7-11/h3-8H,2H2,1H3. The van der Waals surface area contributed by atoms with Gasteiger partial charge in [-0.25, -0.2) is 0 Å². The Hall–Kier alpha value is -0.750. The summed E-state index contributed by atoms with van der Waals surface area (Å²) in [5.41, 5.74) is 4.05. The Kier molecular flexibility index (Phi) is 3.18. The van der Waals surface area contributed by atoms with E-state index in [0.717, 1.165) is 6.42 Å². The summed E-state index contributed by atoms with van der Waals surface area (Å²) in [4.78, 5) is 0. The molecule has 0 aromatic heterocycles. The molecule has 0 aliphatic carbocycles. The fourth-order valence-electron chi connectivity index (χ4n) is 0.989. The molecule has 1 aromatic carbocycles. The first kappa shape index (κ1) is 8.35. The van der Waals surface area contributed by atoms with Crippen molar-refractivity contribution < 1.29 is 0 Å². The Morgan fingerprint density at radius 2 is 2.27 bits per heavy atom. The fourth-order valence-corrected chi connectivity index (χ4v) is 1.13. The van der Waals surface area contributed by atoms with Gasteiger partial charge in [0.25, 0.3) is 0 Å². The highest BCUT2D eigenvalue weighted by Gasteiger charge is 1.88. The Balaban J connectivity index is 2.91. The quantitative estimate of drug-likeness (QED) is 0.631. The molecule has 0 aliphatic heterocycles. The van der Waals surface area contributed by atoms with Crippen LogP contribution in [0, 0.1) is 0 Å². The summed E-state index contributed by atoms with van der Waals surface area (Å²) >= 11 is 5.45. The van der Waals surface area contributed by atoms with E-state index in [1.807, 2.05) is 18.2 Å². The van der Waals surface area contributed by atoms with Crippen LogP contribution in [0.15, 0.2) is 29.8 Å². The van der Waals surface area contributed by atoms with Gasteiger partial charge in [0.15, 0.2) is 0 Å². The van der Waals surface area contributed by atoms with Crippen molar-refractivity contribution in [3.8, 4) is 0 Å². The molecule has 1 rings (SSSR count). The summed E-state index contributed by atoms with van der Waals surface area (Å²) < 4.78 is 0. The van der Waals surface area contributed by atoms with Crippen LogP contribution in [-0.2, 0) is 6.42 Å². The van der Waals surface area contributed by atoms with E-state index >= 15 is 0 Å². The molecule has 0 bridgehead atoms. The molecule has 0 atom stereocenters. The van der Waals surface area contributed by atoms with Crippen molar-refractivity contribution in [3.05, 3.63) is 40.9 Å². The minimum atomic E-state index is 1.07. The third-order valence-electron chi connectivity index (χ3n) is 1.61. The maximum absolute atomic E-state index is 5.45. The zero-order valence-corrected chi connectivity index (χ0v) is 7.31. The summed E-state index contributed by atoms with van der Waals surface area (Å²) in [5, 5.41) is 0. The van der Waals surface area contributed by atoms with E-state index < -0.39 is 0 Å². The van der Waals surface area contributed by atoms with Crippen LogP contribution in [0.3, 0.4) is 0 Å². The molecule has 1 heteroatoms. The van der Waals surface area contributed by atoms with Crippen LogP contribution in [0.25, 0.3) is 6.08 Å². The lowest BCUT2D eigenvalue weighted by molar-refractivity contribution is 1.14. The molecular formula is C10H11Cl. The van der Waals surface area contributed by atoms with E-state index in [1.165, 1.54) is 16.7 Å². The number of halogens is 1. The maximum Gasteiger partial charge on any atom is 0.00484 e. The van der Waals surface area contributed by atoms with Gasteiger partial charge in [0, 0.05) is 5.54 Å². The van der Waals surface area contributed by atoms with Crippen molar-refractivity contribution in [2.24, 2.45) is 0 Å². The first-order chi connectivity index (χ1) is 5.36. The van der Waals surface area contributed by atoms with Crippen molar-refractivity contribution in [1.29, 1.82) is 0 Å². The van der Waals surface area contributed by atoms with Crippen LogP contribution in [0.2, 0.25) is 0 Å². The van der Waals surface area contributed by atoms with E-state index in [2.05, 4.69) is 19.1 Å². The maximum atomic E-state index is 5.45. The third-order valence-corrected chi connectivity index (χ3v) is 1.74. The van der Waals surface area contributed by atoms with E-state index in [0.29, 0.717) is 0 Å². The second-order valence-corrected chi connectivity index (χ2v) is 2.64. The topological polar surface area (TPSA) is 0 Å². The minimum Gasteiger partial charge on any atom is -0.0929 e. The Labute approximate surface area is 72.5 Å². The van der Waals surface area contributed by atoms with Gasteiger partial charge in [-0.1, -0.05) is 42.8 Å². The molecule has 0 radical (unpaired) electrons. The van der Waals surface area contributed by atoms with Crippen LogP contribution in [0.5, 0.6) is 0 Å². The number of aryl methyl sites for hydroxylation is 1. The lowest BCUT2D eigenvalue weighted by Gasteiger charge is -1.96. The van der Waals surface area contributed by atoms with Crippen LogP contribution >= 0.6 is 11.6 Å². The number of rotatable bonds is 2. The molecular weight excluding hydrogens is 156 g/mol. The lowest BCUT2D eigenvalue weighted by Crippen LogP contribution is -1.79. The van der Waals surface area contributed by atoms with Gasteiger partial charge >= 0.3 is 0 Å². The van der Waals surface area contributed by atoms with Crippen molar-refractivity contribution in [3.63, 3.8) is 0 Å². The van der Waals surface area contributed by atoms with Crippen LogP contribution in [0.1, 0.15) is 18.1 Å². The number of benzene rings is 1. The van der Waals surface area contributed by atoms with Crippen molar-refractivity contribution in [1.82, 2.24) is 0 Å². The highest BCUT2D eigenvalue weighted by Crippen LogP contribution is 2.07. The zero-order chi connectivity index (χ0) is 8.10. The van der Waals surface area contributed by atoms with Crippen LogP contribution < -0.4 is 0 Å². The minimum absolute atomic E-state index is 1.07. The molecule has 0 aliphatic rings. The Morgan fingerprint density at radius 3 is 2.91 bits per heavy atom. The lowest BCUT2D eigenvalue weighted by atomic mass is 10.1. The normalized spacial score (nSPS) is 10.7. The van der Waals surface area contributed by atoms with E-state index in [4.69, 9.17) is 11.6 Å². The molecule has 0 N–H and O–H groups in total. The van der Waals surface area contributed by atoms with Gasteiger partial charge in [0.1, 0.15) is 0 Å². The predicted octanol–water partition coefficient (Wildman–Crippen LogP) is 3.46. The van der Waals surface area contributed by atoms with Gasteiger partial charge in [0.2, 0.25) is 0 Å². The summed E-state index contributed by atoms with van der Waals surface area (Å²) in [6.45, 7) is 2.14. The number of hydrogen-bond donors (Lipinski definition) is 0. The second-order valence-electron chi connectivity index (χ2n) is 2.39. The Bertz CT molecular complexity index is 251. The highest BCUT2D eigenvalue weighted by molar-refractivity contribution is 6.27.